The van der Waals surface area contributed by atoms with Crippen LogP contribution in [0.5, 0.6) is 0 Å². The first kappa shape index (κ1) is 13.0. The Morgan fingerprint density at radius 2 is 1.93 bits per heavy atom. The molecule has 0 aromatic heterocycles. The van der Waals surface area contributed by atoms with Gasteiger partial charge in [-0.15, -0.1) is 0 Å². The first-order valence-corrected chi connectivity index (χ1v) is 7.02. The van der Waals surface area contributed by atoms with Gasteiger partial charge in [0, 0.05) is 0 Å². The molecule has 15 heavy (non-hydrogen) atoms. The Labute approximate surface area is 95.2 Å². The Morgan fingerprint density at radius 1 is 1.13 bits per heavy atom. The highest BCUT2D eigenvalue weighted by molar-refractivity contribution is 4.59. The Hall–Kier alpha value is -0.0800. The summed E-state index contributed by atoms with van der Waals surface area (Å²) in [7, 11) is 0. The van der Waals surface area contributed by atoms with Gasteiger partial charge in [-0.05, 0) is 51.4 Å². The zero-order chi connectivity index (χ0) is 10.9. The maximum Gasteiger partial charge on any atom is 0.0872 e. The number of nitrogens with one attached hydrogen (secondary N) is 1. The Kier molecular flexibility index (Phi) is 7.03. The summed E-state index contributed by atoms with van der Waals surface area (Å²) in [5.74, 6) is 0. The van der Waals surface area contributed by atoms with E-state index in [0.717, 1.165) is 12.6 Å². The topological polar surface area (TPSA) is 32.1 Å². The van der Waals surface area contributed by atoms with Crippen molar-refractivity contribution in [2.24, 2.45) is 0 Å². The summed E-state index contributed by atoms with van der Waals surface area (Å²) in [6.45, 7) is 6.34. The molecule has 2 atom stereocenters. The zero-order valence-electron chi connectivity index (χ0n) is 10.6. The quantitative estimate of drug-likeness (QED) is 0.583. The molecule has 1 aliphatic rings. The van der Waals surface area contributed by atoms with Gasteiger partial charge in [-0.3, -0.25) is 0 Å². The zero-order valence-corrected chi connectivity index (χ0v) is 10.6. The van der Waals surface area contributed by atoms with E-state index in [0.29, 0.717) is 0 Å². The van der Waals surface area contributed by atoms with Gasteiger partial charge < -0.3 is 10.6 Å². The highest BCUT2D eigenvalue weighted by atomic mass is 15.2. The van der Waals surface area contributed by atoms with Crippen molar-refractivity contribution in [1.82, 2.24) is 0 Å². The maximum atomic E-state index is 3.89. The molecule has 0 spiro atoms. The molecule has 1 aliphatic heterocycles. The van der Waals surface area contributed by atoms with E-state index in [-0.39, 0.29) is 0 Å². The van der Waals surface area contributed by atoms with E-state index in [1.54, 1.807) is 0 Å². The highest BCUT2D eigenvalue weighted by Gasteiger charge is 2.23. The lowest BCUT2D eigenvalue weighted by molar-refractivity contribution is -0.931. The number of piperidine rings is 1. The lowest BCUT2D eigenvalue weighted by atomic mass is 9.99. The van der Waals surface area contributed by atoms with Crippen molar-refractivity contribution in [3.63, 3.8) is 0 Å². The van der Waals surface area contributed by atoms with E-state index in [1.807, 2.05) is 4.90 Å². The van der Waals surface area contributed by atoms with Gasteiger partial charge in [0.2, 0.25) is 0 Å². The van der Waals surface area contributed by atoms with E-state index >= 15 is 0 Å². The molecule has 0 aliphatic carbocycles. The molecule has 0 bridgehead atoms. The summed E-state index contributed by atoms with van der Waals surface area (Å²) in [5.41, 5.74) is 3.89. The molecule has 1 heterocycles. The number of hydrogen-bond donors (Lipinski definition) is 2. The SMILES string of the molecule is CC[C@@H]1CCCC[NH+]1CCCCCC[NH3+]. The van der Waals surface area contributed by atoms with E-state index in [1.165, 1.54) is 64.5 Å². The third kappa shape index (κ3) is 4.98. The maximum absolute atomic E-state index is 3.89. The summed E-state index contributed by atoms with van der Waals surface area (Å²) < 4.78 is 0. The minimum absolute atomic E-state index is 0.978. The molecule has 1 rings (SSSR count). The lowest BCUT2D eigenvalue weighted by Crippen LogP contribution is -3.16. The second-order valence-electron chi connectivity index (χ2n) is 5.03. The molecular weight excluding hydrogens is 184 g/mol. The number of hydrogen-bond acceptors (Lipinski definition) is 0. The molecule has 0 aromatic carbocycles. The minimum atomic E-state index is 0.978. The summed E-state index contributed by atoms with van der Waals surface area (Å²) in [6, 6.07) is 0.978. The van der Waals surface area contributed by atoms with Crippen molar-refractivity contribution in [2.75, 3.05) is 19.6 Å². The van der Waals surface area contributed by atoms with E-state index < -0.39 is 0 Å². The van der Waals surface area contributed by atoms with Crippen LogP contribution >= 0.6 is 0 Å². The van der Waals surface area contributed by atoms with E-state index in [2.05, 4.69) is 12.7 Å². The van der Waals surface area contributed by atoms with Crippen molar-refractivity contribution in [3.05, 3.63) is 0 Å². The normalized spacial score (nSPS) is 26.8. The van der Waals surface area contributed by atoms with Crippen LogP contribution in [-0.2, 0) is 0 Å². The van der Waals surface area contributed by atoms with Gasteiger partial charge in [0.15, 0.2) is 0 Å². The molecule has 1 unspecified atom stereocenters. The number of rotatable bonds is 7. The Bertz CT molecular complexity index is 147. The smallest absolute Gasteiger partial charge is 0.0872 e. The summed E-state index contributed by atoms with van der Waals surface area (Å²) in [6.07, 6.45) is 11.4. The lowest BCUT2D eigenvalue weighted by Gasteiger charge is -2.32. The number of likely N-dealkylation sites (tertiary alicyclic amines) is 1. The fourth-order valence-electron chi connectivity index (χ4n) is 2.86. The molecule has 2 nitrogen and oxygen atoms in total. The second kappa shape index (κ2) is 8.12. The Morgan fingerprint density at radius 3 is 2.67 bits per heavy atom. The van der Waals surface area contributed by atoms with Crippen LogP contribution in [-0.4, -0.2) is 25.7 Å². The van der Waals surface area contributed by atoms with Crippen LogP contribution in [0.3, 0.4) is 0 Å². The minimum Gasteiger partial charge on any atom is -0.358 e. The van der Waals surface area contributed by atoms with Gasteiger partial charge in [-0.1, -0.05) is 6.92 Å². The molecule has 1 fully saturated rings. The van der Waals surface area contributed by atoms with Crippen molar-refractivity contribution in [2.45, 2.75) is 64.3 Å². The monoisotopic (exact) mass is 214 g/mol. The predicted octanol–water partition coefficient (Wildman–Crippen LogP) is 0.636. The molecule has 1 saturated heterocycles. The summed E-state index contributed by atoms with van der Waals surface area (Å²) in [4.78, 5) is 1.90. The fraction of sp³-hybridized carbons (Fsp3) is 1.00. The van der Waals surface area contributed by atoms with E-state index in [9.17, 15) is 0 Å². The van der Waals surface area contributed by atoms with Crippen LogP contribution in [0, 0.1) is 0 Å². The summed E-state index contributed by atoms with van der Waals surface area (Å²) >= 11 is 0. The van der Waals surface area contributed by atoms with Gasteiger partial charge in [0.1, 0.15) is 0 Å². The van der Waals surface area contributed by atoms with Crippen LogP contribution in [0.1, 0.15) is 58.3 Å². The van der Waals surface area contributed by atoms with Crippen LogP contribution in [0.25, 0.3) is 0 Å². The van der Waals surface area contributed by atoms with Crippen LogP contribution in [0.15, 0.2) is 0 Å². The van der Waals surface area contributed by atoms with Crippen molar-refractivity contribution < 1.29 is 10.6 Å². The number of quaternary nitrogens is 2. The van der Waals surface area contributed by atoms with Gasteiger partial charge in [-0.25, -0.2) is 0 Å². The van der Waals surface area contributed by atoms with Crippen molar-refractivity contribution in [1.29, 1.82) is 0 Å². The number of unbranched alkanes of at least 4 members (excludes halogenated alkanes) is 3. The third-order valence-corrected chi connectivity index (χ3v) is 3.87. The average molecular weight is 214 g/mol. The van der Waals surface area contributed by atoms with Gasteiger partial charge in [-0.2, -0.15) is 0 Å². The van der Waals surface area contributed by atoms with Crippen LogP contribution in [0.2, 0.25) is 0 Å². The molecule has 90 valence electrons. The second-order valence-corrected chi connectivity index (χ2v) is 5.03. The van der Waals surface area contributed by atoms with Gasteiger partial charge in [0.05, 0.1) is 25.7 Å². The predicted molar refractivity (Wildman–Crippen MR) is 64.8 cm³/mol. The molecule has 0 saturated carbocycles. The van der Waals surface area contributed by atoms with E-state index in [4.69, 9.17) is 0 Å². The van der Waals surface area contributed by atoms with Crippen LogP contribution in [0.4, 0.5) is 0 Å². The molecule has 2 heteroatoms. The van der Waals surface area contributed by atoms with Crippen molar-refractivity contribution in [3.8, 4) is 0 Å². The molecule has 0 aromatic rings. The first-order chi connectivity index (χ1) is 7.38. The third-order valence-electron chi connectivity index (χ3n) is 3.87. The van der Waals surface area contributed by atoms with Gasteiger partial charge in [0.25, 0.3) is 0 Å². The fourth-order valence-corrected chi connectivity index (χ4v) is 2.86. The molecular formula is C13H30N2+2. The first-order valence-electron chi connectivity index (χ1n) is 7.02. The Balaban J connectivity index is 2.07. The highest BCUT2D eigenvalue weighted by Crippen LogP contribution is 2.06. The van der Waals surface area contributed by atoms with Gasteiger partial charge >= 0.3 is 0 Å². The van der Waals surface area contributed by atoms with Crippen LogP contribution < -0.4 is 10.6 Å². The summed E-state index contributed by atoms with van der Waals surface area (Å²) in [5, 5.41) is 0. The largest absolute Gasteiger partial charge is 0.358 e. The van der Waals surface area contributed by atoms with Crippen molar-refractivity contribution >= 4 is 0 Å². The standard InChI is InChI=1S/C13H28N2/c1-2-13-9-5-8-12-15(13)11-7-4-3-6-10-14/h13H,2-12,14H2,1H3/p+2/t13-/m1/s1. The average Bonchev–Trinajstić information content (AvgIpc) is 2.29. The molecule has 0 radical (unpaired) electrons. The molecule has 4 N–H and O–H groups in total. The molecule has 0 amide bonds.